The van der Waals surface area contributed by atoms with Crippen LogP contribution in [-0.2, 0) is 11.2 Å². The van der Waals surface area contributed by atoms with Crippen LogP contribution in [0.2, 0.25) is 0 Å². The Kier molecular flexibility index (Phi) is 7.46. The number of rotatable bonds is 3. The second-order valence-electron chi connectivity index (χ2n) is 19.8. The van der Waals surface area contributed by atoms with Gasteiger partial charge in [-0.1, -0.05) is 52.8 Å². The van der Waals surface area contributed by atoms with E-state index < -0.39 is 41.0 Å². The molecule has 5 fully saturated rings. The number of allylic oxidation sites excluding steroid dienone is 1. The van der Waals surface area contributed by atoms with Crippen molar-refractivity contribution in [2.45, 2.75) is 118 Å². The van der Waals surface area contributed by atoms with E-state index in [-0.39, 0.29) is 81.0 Å². The summed E-state index contributed by atoms with van der Waals surface area (Å²) in [6.45, 7) is 18.2. The van der Waals surface area contributed by atoms with Gasteiger partial charge in [0.2, 0.25) is 0 Å². The van der Waals surface area contributed by atoms with E-state index in [4.69, 9.17) is 9.47 Å². The Morgan fingerprint density at radius 3 is 2.28 bits per heavy atom. The molecule has 0 saturated heterocycles. The Balaban J connectivity index is 1.13. The molecule has 54 heavy (non-hydrogen) atoms. The molecule has 0 radical (unpaired) electrons. The molecule has 2 aromatic carbocycles. The summed E-state index contributed by atoms with van der Waals surface area (Å²) in [4.78, 5) is 28.7. The molecule has 2 aromatic rings. The largest absolute Gasteiger partial charge is 0.507 e. The normalized spacial score (nSPS) is 43.8. The molecule has 0 unspecified atom stereocenters. The Bertz CT molecular complexity index is 2000. The highest BCUT2D eigenvalue weighted by atomic mass is 16.5. The van der Waals surface area contributed by atoms with Crippen molar-refractivity contribution in [3.05, 3.63) is 53.1 Å². The molecule has 0 aromatic heterocycles. The fraction of sp³-hybridized carbons (Fsp3) is 0.644. The van der Waals surface area contributed by atoms with Crippen molar-refractivity contribution in [3.8, 4) is 28.7 Å². The zero-order chi connectivity index (χ0) is 38.7. The van der Waals surface area contributed by atoms with Crippen LogP contribution in [0.1, 0.15) is 120 Å². The summed E-state index contributed by atoms with van der Waals surface area (Å²) in [6, 6.07) is 5.76. The van der Waals surface area contributed by atoms with Crippen molar-refractivity contribution in [1.29, 1.82) is 0 Å². The van der Waals surface area contributed by atoms with Crippen molar-refractivity contribution in [1.82, 2.24) is 0 Å². The van der Waals surface area contributed by atoms with Gasteiger partial charge < -0.3 is 35.0 Å². The van der Waals surface area contributed by atoms with Crippen molar-refractivity contribution >= 4 is 11.8 Å². The number of Topliss-reactive ketones (excluding diaryl/α,β-unsaturated/α-hetero) is 1. The summed E-state index contributed by atoms with van der Waals surface area (Å²) >= 11 is 0. The average Bonchev–Trinajstić information content (AvgIpc) is 3.58. The molecule has 0 bridgehead atoms. The van der Waals surface area contributed by atoms with E-state index in [9.17, 15) is 30.3 Å². The lowest BCUT2D eigenvalue weighted by Gasteiger charge is -2.70. The Hall–Kier alpha value is -3.72. The minimum absolute atomic E-state index is 0.0259. The van der Waals surface area contributed by atoms with Crippen LogP contribution in [0.5, 0.6) is 28.7 Å². The third-order valence-electron chi connectivity index (χ3n) is 17.7. The molecule has 0 amide bonds. The number of ether oxygens (including phenoxy) is 2. The summed E-state index contributed by atoms with van der Waals surface area (Å²) in [6.07, 6.45) is 4.50. The van der Waals surface area contributed by atoms with Gasteiger partial charge in [0, 0.05) is 23.5 Å². The smallest absolute Gasteiger partial charge is 0.309 e. The van der Waals surface area contributed by atoms with Crippen molar-refractivity contribution in [3.63, 3.8) is 0 Å². The first-order valence-corrected chi connectivity index (χ1v) is 20.2. The first kappa shape index (κ1) is 35.9. The maximum Gasteiger partial charge on any atom is 0.309 e. The first-order chi connectivity index (χ1) is 25.3. The third-order valence-corrected chi connectivity index (χ3v) is 17.7. The van der Waals surface area contributed by atoms with Gasteiger partial charge in [0.15, 0.2) is 17.3 Å². The van der Waals surface area contributed by atoms with Gasteiger partial charge in [-0.25, -0.2) is 0 Å². The van der Waals surface area contributed by atoms with Crippen LogP contribution in [0.4, 0.5) is 0 Å². The number of carbonyl (C=O) groups excluding carboxylic acids is 1. The summed E-state index contributed by atoms with van der Waals surface area (Å²) in [7, 11) is 0. The standard InChI is InChI=1S/C45H56O9/c1-21(2)23-12-15-45(40(51)52)17-16-42(5)25(34(23)45)9-11-32-43(42,6)14-13-31-41(3,4)39-35(44(31,32)7)36(50)33-30(53-39)20-27(47)24-19-29(49)37(54-38(24)33)22-8-10-26(46)28(48)18-22/h8,10,18,20,23,25,29,31-32,34-35,37,39,46-49H,1,9,11-17,19H2,2-7H3,(H,51,52)/t23-,25+,29-,31-,32-,34+,35-,37-,39-,42+,43+,44-,45-/m0/s1. The molecule has 290 valence electrons. The number of benzene rings is 2. The van der Waals surface area contributed by atoms with Gasteiger partial charge in [0.1, 0.15) is 35.0 Å². The van der Waals surface area contributed by atoms with Crippen LogP contribution < -0.4 is 9.47 Å². The second kappa shape index (κ2) is 11.2. The topological polar surface area (TPSA) is 154 Å². The number of fused-ring (bicyclic) bond motifs is 12. The van der Waals surface area contributed by atoms with Gasteiger partial charge >= 0.3 is 5.97 Å². The predicted octanol–water partition coefficient (Wildman–Crippen LogP) is 8.36. The number of aliphatic hydroxyl groups excluding tert-OH is 1. The molecule has 9 nitrogen and oxygen atoms in total. The molecular formula is C45H56O9. The van der Waals surface area contributed by atoms with Crippen LogP contribution in [0.3, 0.4) is 0 Å². The second-order valence-corrected chi connectivity index (χ2v) is 19.8. The van der Waals surface area contributed by atoms with Crippen molar-refractivity contribution in [2.24, 2.45) is 62.6 Å². The van der Waals surface area contributed by atoms with Crippen molar-refractivity contribution in [2.75, 3.05) is 0 Å². The van der Waals surface area contributed by atoms with E-state index in [1.54, 1.807) is 6.07 Å². The molecule has 2 heterocycles. The molecule has 7 aliphatic rings. The number of hydrogen-bond donors (Lipinski definition) is 5. The van der Waals surface area contributed by atoms with Gasteiger partial charge in [-0.05, 0) is 122 Å². The minimum atomic E-state index is -1.08. The van der Waals surface area contributed by atoms with Crippen LogP contribution in [0.25, 0.3) is 0 Å². The lowest BCUT2D eigenvalue weighted by Crippen LogP contribution is -2.65. The maximum atomic E-state index is 15.5. The van der Waals surface area contributed by atoms with Crippen LogP contribution in [-0.4, -0.2) is 49.5 Å². The fourth-order valence-electron chi connectivity index (χ4n) is 15.1. The first-order valence-electron chi connectivity index (χ1n) is 20.2. The number of aliphatic hydroxyl groups is 1. The molecule has 0 spiro atoms. The number of carboxylic acids is 1. The van der Waals surface area contributed by atoms with Gasteiger partial charge in [0.25, 0.3) is 0 Å². The summed E-state index contributed by atoms with van der Waals surface area (Å²) < 4.78 is 13.5. The molecule has 9 rings (SSSR count). The maximum absolute atomic E-state index is 15.5. The fourth-order valence-corrected chi connectivity index (χ4v) is 15.1. The Morgan fingerprint density at radius 2 is 1.59 bits per heavy atom. The van der Waals surface area contributed by atoms with E-state index >= 15 is 4.79 Å². The molecule has 5 aliphatic carbocycles. The number of phenolic OH excluding ortho intramolecular Hbond substituents is 3. The number of hydrogen-bond acceptors (Lipinski definition) is 8. The summed E-state index contributed by atoms with van der Waals surface area (Å²) in [5.74, 6) is -0.524. The van der Waals surface area contributed by atoms with Gasteiger partial charge in [-0.2, -0.15) is 0 Å². The Labute approximate surface area is 317 Å². The Morgan fingerprint density at radius 1 is 0.852 bits per heavy atom. The zero-order valence-electron chi connectivity index (χ0n) is 32.4. The molecule has 13 atom stereocenters. The lowest BCUT2D eigenvalue weighted by molar-refractivity contribution is -0.224. The molecule has 2 aliphatic heterocycles. The van der Waals surface area contributed by atoms with Crippen LogP contribution in [0.15, 0.2) is 36.4 Å². The van der Waals surface area contributed by atoms with Crippen LogP contribution >= 0.6 is 0 Å². The van der Waals surface area contributed by atoms with E-state index in [2.05, 4.69) is 48.1 Å². The van der Waals surface area contributed by atoms with E-state index in [0.717, 1.165) is 44.1 Å². The quantitative estimate of drug-likeness (QED) is 0.154. The number of carboxylic acid groups (broad SMARTS) is 1. The lowest BCUT2D eigenvalue weighted by atomic mass is 9.33. The third kappa shape index (κ3) is 4.20. The van der Waals surface area contributed by atoms with Crippen molar-refractivity contribution < 1.29 is 44.6 Å². The SMILES string of the molecule is C=C(C)[C@@H]1CC[C@]2(C(=O)O)CC[C@]3(C)[C@H](CC[C@@H]4[C@@]5(C)[C@H]6C(=O)c7c(cc(O)c8c7O[C@@H](c7ccc(O)c(O)c7)[C@@H](O)C8)O[C@@H]6C(C)(C)[C@@H]5CC[C@]43C)[C@@H]12. The number of phenols is 3. The average molecular weight is 741 g/mol. The van der Waals surface area contributed by atoms with E-state index in [1.807, 2.05) is 0 Å². The highest BCUT2D eigenvalue weighted by Crippen LogP contribution is 2.80. The molecule has 5 saturated carbocycles. The number of aromatic hydroxyl groups is 3. The number of ketones is 1. The molecular weight excluding hydrogens is 684 g/mol. The summed E-state index contributed by atoms with van der Waals surface area (Å²) in [5, 5.41) is 53.5. The molecule has 5 N–H and O–H groups in total. The highest BCUT2D eigenvalue weighted by Gasteiger charge is 2.77. The number of carbonyl (C=O) groups is 2. The van der Waals surface area contributed by atoms with E-state index in [0.29, 0.717) is 35.3 Å². The zero-order valence-corrected chi connectivity index (χ0v) is 32.4. The summed E-state index contributed by atoms with van der Waals surface area (Å²) in [5.41, 5.74) is 0.435. The predicted molar refractivity (Wildman–Crippen MR) is 201 cm³/mol. The van der Waals surface area contributed by atoms with Gasteiger partial charge in [-0.3, -0.25) is 9.59 Å². The van der Waals surface area contributed by atoms with E-state index in [1.165, 1.54) is 18.2 Å². The number of aliphatic carboxylic acids is 1. The highest BCUT2D eigenvalue weighted by molar-refractivity contribution is 6.06. The van der Waals surface area contributed by atoms with Crippen LogP contribution in [0, 0.1) is 62.6 Å². The van der Waals surface area contributed by atoms with Gasteiger partial charge in [-0.15, -0.1) is 0 Å². The van der Waals surface area contributed by atoms with Gasteiger partial charge in [0.05, 0.1) is 17.4 Å². The minimum Gasteiger partial charge on any atom is -0.507 e. The monoisotopic (exact) mass is 740 g/mol. The molecule has 9 heteroatoms.